The molecule has 0 aromatic heterocycles. The third-order valence-corrected chi connectivity index (χ3v) is 7.51. The highest BCUT2D eigenvalue weighted by Crippen LogP contribution is 2.36. The number of alkyl carbamates (subject to hydrolysis) is 1. The summed E-state index contributed by atoms with van der Waals surface area (Å²) in [5.74, 6) is 0. The normalized spacial score (nSPS) is 38.7. The van der Waals surface area contributed by atoms with E-state index in [4.69, 9.17) is 34.7 Å². The summed E-state index contributed by atoms with van der Waals surface area (Å²) in [7, 11) is 0. The van der Waals surface area contributed by atoms with Crippen LogP contribution < -0.4 is 5.32 Å². The Morgan fingerprint density at radius 2 is 1.32 bits per heavy atom. The molecule has 0 spiro atoms. The number of hydrogen-bond acceptors (Lipinski definition) is 15. The molecule has 2 saturated heterocycles. The highest BCUT2D eigenvalue weighted by molar-refractivity contribution is 5.67. The smallest absolute Gasteiger partial charge is 0.407 e. The van der Waals surface area contributed by atoms with Crippen LogP contribution in [0.1, 0.15) is 33.6 Å². The molecule has 2 heterocycles. The maximum absolute atomic E-state index is 12.2. The van der Waals surface area contributed by atoms with Crippen molar-refractivity contribution in [1.82, 2.24) is 5.32 Å². The molecule has 1 saturated carbocycles. The van der Waals surface area contributed by atoms with Gasteiger partial charge in [0, 0.05) is 26.2 Å². The van der Waals surface area contributed by atoms with Crippen LogP contribution in [-0.4, -0.2) is 136 Å². The van der Waals surface area contributed by atoms with Crippen LogP contribution >= 0.6 is 0 Å². The number of rotatable bonds is 11. The fourth-order valence-electron chi connectivity index (χ4n) is 5.38. The van der Waals surface area contributed by atoms with Crippen molar-refractivity contribution in [3.8, 4) is 0 Å². The van der Waals surface area contributed by atoms with Gasteiger partial charge in [-0.15, -0.1) is 0 Å². The van der Waals surface area contributed by atoms with Gasteiger partial charge in [-0.05, 0) is 55.7 Å². The van der Waals surface area contributed by atoms with E-state index < -0.39 is 104 Å². The second kappa shape index (κ2) is 16.8. The van der Waals surface area contributed by atoms with Crippen LogP contribution in [0.5, 0.6) is 0 Å². The molecule has 24 heteroatoms. The molecule has 24 nitrogen and oxygen atoms in total. The standard InChI is InChI=1S/C23H37N13O11/c1-23(2,3)47-22(42)28-6-12-11(38)5-10(31-35-26)20(43-12)45-18-8(29-33-24)4-9(30-34-25)19(17(18)41)46-21-16(40)14(32-36-27)15(39)13(7-37)44-21/h8-21,37-41H,4-7H2,1-3H3,(H,28,42)/t8-,9+,10-,11+,12-,13+,14-,15+,16+,17-,18+,19-,20-,21+/m0/s1. The van der Waals surface area contributed by atoms with E-state index in [1.54, 1.807) is 20.8 Å². The Labute approximate surface area is 266 Å². The summed E-state index contributed by atoms with van der Waals surface area (Å²) in [6, 6.07) is -5.24. The number of azide groups is 4. The molecule has 0 unspecified atom stereocenters. The molecule has 6 N–H and O–H groups in total. The predicted octanol–water partition coefficient (Wildman–Crippen LogP) is 0.677. The molecule has 0 bridgehead atoms. The lowest BCUT2D eigenvalue weighted by Crippen LogP contribution is -2.63. The summed E-state index contributed by atoms with van der Waals surface area (Å²) >= 11 is 0. The number of carbonyl (C=O) groups is 1. The lowest BCUT2D eigenvalue weighted by atomic mass is 9.84. The largest absolute Gasteiger partial charge is 0.444 e. The molecule has 1 amide bonds. The number of aliphatic hydroxyl groups is 5. The van der Waals surface area contributed by atoms with E-state index in [1.807, 2.05) is 0 Å². The number of ether oxygens (including phenoxy) is 5. The molecular weight excluding hydrogens is 634 g/mol. The molecule has 3 aliphatic rings. The van der Waals surface area contributed by atoms with Gasteiger partial charge in [0.05, 0.1) is 55.2 Å². The number of carbonyl (C=O) groups excluding carboxylic acids is 1. The van der Waals surface area contributed by atoms with E-state index in [-0.39, 0.29) is 19.4 Å². The van der Waals surface area contributed by atoms with Crippen LogP contribution in [0, 0.1) is 0 Å². The Bertz CT molecular complexity index is 1280. The molecule has 0 radical (unpaired) electrons. The first-order valence-corrected chi connectivity index (χ1v) is 14.4. The van der Waals surface area contributed by atoms with Gasteiger partial charge in [-0.2, -0.15) is 0 Å². The van der Waals surface area contributed by atoms with E-state index in [0.29, 0.717) is 0 Å². The van der Waals surface area contributed by atoms with Gasteiger partial charge in [-0.25, -0.2) is 4.79 Å². The maximum Gasteiger partial charge on any atom is 0.407 e. The molecule has 14 atom stereocenters. The number of amides is 1. The molecule has 260 valence electrons. The van der Waals surface area contributed by atoms with Crippen molar-refractivity contribution < 1.29 is 54.0 Å². The van der Waals surface area contributed by atoms with Crippen molar-refractivity contribution in [2.45, 2.75) is 125 Å². The van der Waals surface area contributed by atoms with Gasteiger partial charge in [0.15, 0.2) is 12.6 Å². The van der Waals surface area contributed by atoms with Gasteiger partial charge in [0.25, 0.3) is 0 Å². The van der Waals surface area contributed by atoms with E-state index in [9.17, 15) is 41.4 Å². The Kier molecular flexibility index (Phi) is 13.5. The molecular formula is C23H37N13O11. The molecule has 47 heavy (non-hydrogen) atoms. The highest BCUT2D eigenvalue weighted by Gasteiger charge is 2.52. The van der Waals surface area contributed by atoms with Gasteiger partial charge < -0.3 is 54.5 Å². The van der Waals surface area contributed by atoms with Gasteiger partial charge >= 0.3 is 6.09 Å². The third-order valence-electron chi connectivity index (χ3n) is 7.51. The Morgan fingerprint density at radius 1 is 0.787 bits per heavy atom. The van der Waals surface area contributed by atoms with Gasteiger partial charge in [-0.1, -0.05) is 20.5 Å². The van der Waals surface area contributed by atoms with Gasteiger partial charge in [0.2, 0.25) is 0 Å². The zero-order chi connectivity index (χ0) is 34.9. The Morgan fingerprint density at radius 3 is 1.85 bits per heavy atom. The molecule has 3 fully saturated rings. The first-order valence-electron chi connectivity index (χ1n) is 14.4. The minimum Gasteiger partial charge on any atom is -0.444 e. The van der Waals surface area contributed by atoms with Gasteiger partial charge in [-0.3, -0.25) is 0 Å². The summed E-state index contributed by atoms with van der Waals surface area (Å²) < 4.78 is 28.3. The average molecular weight is 672 g/mol. The number of nitrogens with one attached hydrogen (secondary N) is 1. The van der Waals surface area contributed by atoms with Crippen LogP contribution in [0.3, 0.4) is 0 Å². The maximum atomic E-state index is 12.2. The SMILES string of the molecule is CC(C)(C)OC(=O)NC[C@@H]1O[C@@H](O[C@H]2[C@H](O)[C@@H](O[C@H]3O[C@H](CO)[C@@H](O)[C@H](N=[N+]=[N-])[C@H]3O)[C@H](N=[N+]=[N-])C[C@@H]2N=[N+]=[N-])[C@@H](N=[N+]=[N-])C[C@H]1O. The van der Waals surface area contributed by atoms with E-state index in [1.165, 1.54) is 0 Å². The summed E-state index contributed by atoms with van der Waals surface area (Å²) in [4.78, 5) is 23.0. The Balaban J connectivity index is 1.89. The Hall–Kier alpha value is -3.85. The molecule has 0 aromatic carbocycles. The van der Waals surface area contributed by atoms with E-state index in [2.05, 4.69) is 45.4 Å². The van der Waals surface area contributed by atoms with E-state index in [0.717, 1.165) is 0 Å². The molecule has 3 rings (SSSR count). The van der Waals surface area contributed by atoms with Crippen LogP contribution in [-0.2, 0) is 23.7 Å². The van der Waals surface area contributed by atoms with Crippen LogP contribution in [0.25, 0.3) is 41.8 Å². The predicted molar refractivity (Wildman–Crippen MR) is 153 cm³/mol. The lowest BCUT2D eigenvalue weighted by Gasteiger charge is -2.47. The zero-order valence-electron chi connectivity index (χ0n) is 25.5. The number of hydrogen-bond donors (Lipinski definition) is 6. The molecule has 1 aliphatic carbocycles. The summed E-state index contributed by atoms with van der Waals surface area (Å²) in [6.45, 7) is 3.91. The summed E-state index contributed by atoms with van der Waals surface area (Å²) in [6.07, 6.45) is -16.7. The van der Waals surface area contributed by atoms with Crippen molar-refractivity contribution in [3.63, 3.8) is 0 Å². The number of aliphatic hydroxyl groups excluding tert-OH is 5. The average Bonchev–Trinajstić information content (AvgIpc) is 3.00. The van der Waals surface area contributed by atoms with Crippen molar-refractivity contribution in [2.75, 3.05) is 13.2 Å². The first kappa shape index (κ1) is 37.6. The fraction of sp³-hybridized carbons (Fsp3) is 0.957. The van der Waals surface area contributed by atoms with Crippen molar-refractivity contribution in [3.05, 3.63) is 41.8 Å². The van der Waals surface area contributed by atoms with Gasteiger partial charge in [0.1, 0.15) is 30.0 Å². The lowest BCUT2D eigenvalue weighted by molar-refractivity contribution is -0.314. The topological polar surface area (TPSA) is 371 Å². The summed E-state index contributed by atoms with van der Waals surface area (Å²) in [5, 5.41) is 69.6. The van der Waals surface area contributed by atoms with Crippen LogP contribution in [0.2, 0.25) is 0 Å². The molecule has 2 aliphatic heterocycles. The fourth-order valence-corrected chi connectivity index (χ4v) is 5.38. The second-order valence-electron chi connectivity index (χ2n) is 11.9. The second-order valence-corrected chi connectivity index (χ2v) is 11.9. The zero-order valence-corrected chi connectivity index (χ0v) is 25.5. The van der Waals surface area contributed by atoms with E-state index >= 15 is 0 Å². The quantitative estimate of drug-likeness (QED) is 0.101. The highest BCUT2D eigenvalue weighted by atomic mass is 16.7. The minimum absolute atomic E-state index is 0.209. The van der Waals surface area contributed by atoms with Crippen molar-refractivity contribution in [1.29, 1.82) is 0 Å². The van der Waals surface area contributed by atoms with Crippen LogP contribution in [0.4, 0.5) is 4.79 Å². The minimum atomic E-state index is -1.84. The van der Waals surface area contributed by atoms with Crippen molar-refractivity contribution >= 4 is 6.09 Å². The monoisotopic (exact) mass is 671 g/mol. The third kappa shape index (κ3) is 9.60. The summed E-state index contributed by atoms with van der Waals surface area (Å²) in [5.41, 5.74) is 35.7. The van der Waals surface area contributed by atoms with Crippen molar-refractivity contribution in [2.24, 2.45) is 20.5 Å². The molecule has 0 aromatic rings. The van der Waals surface area contributed by atoms with Crippen LogP contribution in [0.15, 0.2) is 20.5 Å². The first-order chi connectivity index (χ1) is 22.3. The number of nitrogens with zero attached hydrogens (tertiary/aromatic N) is 12.